The predicted molar refractivity (Wildman–Crippen MR) is 114 cm³/mol. The monoisotopic (exact) mass is 438 g/mol. The molecule has 1 amide bonds. The van der Waals surface area contributed by atoms with Gasteiger partial charge in [0.25, 0.3) is 0 Å². The second-order valence-corrected chi connectivity index (χ2v) is 8.24. The van der Waals surface area contributed by atoms with Crippen LogP contribution in [0.5, 0.6) is 0 Å². The molecule has 2 N–H and O–H groups in total. The molecular formula is C21H30N2O6S. The molecule has 0 radical (unpaired) electrons. The maximum atomic E-state index is 12.9. The van der Waals surface area contributed by atoms with Crippen LogP contribution in [0.3, 0.4) is 0 Å². The Kier molecular flexibility index (Phi) is 10.1. The molecular weight excluding hydrogens is 408 g/mol. The summed E-state index contributed by atoms with van der Waals surface area (Å²) in [6, 6.07) is 7.48. The molecule has 1 saturated heterocycles. The summed E-state index contributed by atoms with van der Waals surface area (Å²) >= 11 is 1.52. The van der Waals surface area contributed by atoms with Crippen molar-refractivity contribution >= 4 is 29.6 Å². The van der Waals surface area contributed by atoms with Crippen molar-refractivity contribution in [3.05, 3.63) is 35.9 Å². The number of carbonyl (C=O) groups is 3. The van der Waals surface area contributed by atoms with E-state index in [9.17, 15) is 19.5 Å². The summed E-state index contributed by atoms with van der Waals surface area (Å²) in [7, 11) is 1.52. The topological polar surface area (TPSA) is 105 Å². The van der Waals surface area contributed by atoms with E-state index in [0.29, 0.717) is 30.9 Å². The Morgan fingerprint density at radius 1 is 1.27 bits per heavy atom. The number of esters is 1. The molecule has 30 heavy (non-hydrogen) atoms. The van der Waals surface area contributed by atoms with E-state index < -0.39 is 30.1 Å². The number of nitrogens with zero attached hydrogens (tertiary/aromatic N) is 1. The number of rotatable bonds is 11. The largest absolute Gasteiger partial charge is 0.480 e. The Labute approximate surface area is 181 Å². The van der Waals surface area contributed by atoms with Crippen LogP contribution in [0.1, 0.15) is 18.9 Å². The van der Waals surface area contributed by atoms with E-state index in [1.807, 2.05) is 30.3 Å². The first-order valence-corrected chi connectivity index (χ1v) is 11.2. The van der Waals surface area contributed by atoms with Crippen molar-refractivity contribution in [1.29, 1.82) is 0 Å². The van der Waals surface area contributed by atoms with Crippen molar-refractivity contribution in [2.45, 2.75) is 37.9 Å². The molecule has 8 nitrogen and oxygen atoms in total. The van der Waals surface area contributed by atoms with Crippen LogP contribution in [0, 0.1) is 0 Å². The number of benzene rings is 1. The maximum Gasteiger partial charge on any atom is 0.327 e. The molecule has 1 aliphatic rings. The summed E-state index contributed by atoms with van der Waals surface area (Å²) in [5.41, 5.74) is 1.08. The first kappa shape index (κ1) is 24.2. The summed E-state index contributed by atoms with van der Waals surface area (Å²) in [4.78, 5) is 38.4. The molecule has 0 spiro atoms. The summed E-state index contributed by atoms with van der Waals surface area (Å²) in [6.45, 7) is 2.45. The number of hydrogen-bond donors (Lipinski definition) is 2. The van der Waals surface area contributed by atoms with Gasteiger partial charge in [-0.2, -0.15) is 11.8 Å². The smallest absolute Gasteiger partial charge is 0.327 e. The Bertz CT molecular complexity index is 702. The highest BCUT2D eigenvalue weighted by molar-refractivity contribution is 7.99. The van der Waals surface area contributed by atoms with Crippen LogP contribution < -0.4 is 5.32 Å². The van der Waals surface area contributed by atoms with Crippen LogP contribution in [-0.2, 0) is 30.3 Å². The molecule has 166 valence electrons. The second-order valence-electron chi connectivity index (χ2n) is 7.09. The number of amides is 1. The standard InChI is InChI=1S/C21H30N2O6S/c1-15(19(24)23-10-13-30-14-18(23)20(25)26)22-17(21(27)29-12-11-28-2)9-8-16-6-4-3-5-7-16/h3-7,15,17-18,22H,8-14H2,1-2H3,(H,25,26)/t15-,17?,18?/m0/s1. The number of carboxylic acids is 1. The Morgan fingerprint density at radius 2 is 2.00 bits per heavy atom. The molecule has 1 fully saturated rings. The lowest BCUT2D eigenvalue weighted by atomic mass is 10.0. The zero-order chi connectivity index (χ0) is 21.9. The van der Waals surface area contributed by atoms with Crippen LogP contribution in [0.25, 0.3) is 0 Å². The van der Waals surface area contributed by atoms with E-state index in [4.69, 9.17) is 9.47 Å². The van der Waals surface area contributed by atoms with E-state index in [-0.39, 0.29) is 19.1 Å². The van der Waals surface area contributed by atoms with Crippen LogP contribution in [0.4, 0.5) is 0 Å². The molecule has 1 heterocycles. The third-order valence-electron chi connectivity index (χ3n) is 4.90. The summed E-state index contributed by atoms with van der Waals surface area (Å²) in [5, 5.41) is 12.5. The van der Waals surface area contributed by atoms with E-state index in [1.165, 1.54) is 23.8 Å². The van der Waals surface area contributed by atoms with Gasteiger partial charge in [-0.05, 0) is 25.3 Å². The van der Waals surface area contributed by atoms with Gasteiger partial charge >= 0.3 is 11.9 Å². The quantitative estimate of drug-likeness (QED) is 0.392. The van der Waals surface area contributed by atoms with E-state index >= 15 is 0 Å². The van der Waals surface area contributed by atoms with Gasteiger partial charge in [0.05, 0.1) is 12.6 Å². The number of carbonyl (C=O) groups excluding carboxylic acids is 2. The lowest BCUT2D eigenvalue weighted by Crippen LogP contribution is -2.57. The number of hydrogen-bond acceptors (Lipinski definition) is 7. The van der Waals surface area contributed by atoms with Gasteiger partial charge in [-0.25, -0.2) is 4.79 Å². The third kappa shape index (κ3) is 7.30. The molecule has 1 aromatic carbocycles. The van der Waals surface area contributed by atoms with Crippen molar-refractivity contribution in [3.63, 3.8) is 0 Å². The highest BCUT2D eigenvalue weighted by atomic mass is 32.2. The molecule has 1 aromatic rings. The van der Waals surface area contributed by atoms with Gasteiger partial charge in [-0.1, -0.05) is 30.3 Å². The number of methoxy groups -OCH3 is 1. The molecule has 2 unspecified atom stereocenters. The summed E-state index contributed by atoms with van der Waals surface area (Å²) < 4.78 is 10.2. The van der Waals surface area contributed by atoms with Crippen molar-refractivity contribution < 1.29 is 29.0 Å². The maximum absolute atomic E-state index is 12.9. The molecule has 9 heteroatoms. The lowest BCUT2D eigenvalue weighted by molar-refractivity contribution is -0.151. The molecule has 2 rings (SSSR count). The number of aliphatic carboxylic acids is 1. The summed E-state index contributed by atoms with van der Waals surface area (Å²) in [6.07, 6.45) is 1.09. The van der Waals surface area contributed by atoms with Crippen molar-refractivity contribution in [2.24, 2.45) is 0 Å². The fourth-order valence-electron chi connectivity index (χ4n) is 3.24. The van der Waals surface area contributed by atoms with Crippen LogP contribution >= 0.6 is 11.8 Å². The predicted octanol–water partition coefficient (Wildman–Crippen LogP) is 1.18. The summed E-state index contributed by atoms with van der Waals surface area (Å²) in [5.74, 6) is -0.727. The Balaban J connectivity index is 2.03. The lowest BCUT2D eigenvalue weighted by Gasteiger charge is -2.35. The Morgan fingerprint density at radius 3 is 2.67 bits per heavy atom. The SMILES string of the molecule is COCCOC(=O)C(CCc1ccccc1)N[C@@H](C)C(=O)N1CCSCC1C(=O)O. The minimum atomic E-state index is -1.01. The van der Waals surface area contributed by atoms with Gasteiger partial charge < -0.3 is 19.5 Å². The van der Waals surface area contributed by atoms with Gasteiger partial charge in [0.1, 0.15) is 18.7 Å². The number of nitrogens with one attached hydrogen (secondary N) is 1. The second kappa shape index (κ2) is 12.6. The fraction of sp³-hybridized carbons (Fsp3) is 0.571. The van der Waals surface area contributed by atoms with E-state index in [1.54, 1.807) is 6.92 Å². The molecule has 1 aliphatic heterocycles. The van der Waals surface area contributed by atoms with Crippen molar-refractivity contribution in [1.82, 2.24) is 10.2 Å². The number of thioether (sulfide) groups is 1. The number of aryl methyl sites for hydroxylation is 1. The van der Waals surface area contributed by atoms with E-state index in [0.717, 1.165) is 5.56 Å². The van der Waals surface area contributed by atoms with Gasteiger partial charge in [0.15, 0.2) is 0 Å². The van der Waals surface area contributed by atoms with Crippen LogP contribution in [0.15, 0.2) is 30.3 Å². The van der Waals surface area contributed by atoms with Crippen LogP contribution in [0.2, 0.25) is 0 Å². The zero-order valence-electron chi connectivity index (χ0n) is 17.4. The van der Waals surface area contributed by atoms with Gasteiger partial charge in [0.2, 0.25) is 5.91 Å². The van der Waals surface area contributed by atoms with Gasteiger partial charge in [-0.3, -0.25) is 14.9 Å². The number of ether oxygens (including phenoxy) is 2. The van der Waals surface area contributed by atoms with Crippen molar-refractivity contribution in [2.75, 3.05) is 38.4 Å². The zero-order valence-corrected chi connectivity index (χ0v) is 18.2. The van der Waals surface area contributed by atoms with Crippen LogP contribution in [-0.4, -0.2) is 84.4 Å². The molecule has 0 bridgehead atoms. The van der Waals surface area contributed by atoms with Gasteiger partial charge in [0, 0.05) is 25.2 Å². The first-order valence-electron chi connectivity index (χ1n) is 10.0. The van der Waals surface area contributed by atoms with Crippen molar-refractivity contribution in [3.8, 4) is 0 Å². The van der Waals surface area contributed by atoms with Gasteiger partial charge in [-0.15, -0.1) is 0 Å². The molecule has 0 aliphatic carbocycles. The molecule has 0 saturated carbocycles. The Hall–Kier alpha value is -2.10. The third-order valence-corrected chi connectivity index (χ3v) is 5.92. The first-order chi connectivity index (χ1) is 14.4. The number of carboxylic acid groups (broad SMARTS) is 1. The minimum Gasteiger partial charge on any atom is -0.480 e. The minimum absolute atomic E-state index is 0.131. The average molecular weight is 439 g/mol. The average Bonchev–Trinajstić information content (AvgIpc) is 2.76. The van der Waals surface area contributed by atoms with E-state index in [2.05, 4.69) is 5.32 Å². The highest BCUT2D eigenvalue weighted by Gasteiger charge is 2.35. The highest BCUT2D eigenvalue weighted by Crippen LogP contribution is 2.18. The normalized spacial score (nSPS) is 18.5. The molecule has 3 atom stereocenters. The fourth-order valence-corrected chi connectivity index (χ4v) is 4.28. The molecule has 0 aromatic heterocycles.